The van der Waals surface area contributed by atoms with E-state index in [-0.39, 0.29) is 25.9 Å². The second-order valence-corrected chi connectivity index (χ2v) is 6.81. The van der Waals surface area contributed by atoms with Gasteiger partial charge in [-0.05, 0) is 31.0 Å². The summed E-state index contributed by atoms with van der Waals surface area (Å²) in [6.07, 6.45) is 2.82. The van der Waals surface area contributed by atoms with Gasteiger partial charge in [0.2, 0.25) is 0 Å². The Labute approximate surface area is 157 Å². The van der Waals surface area contributed by atoms with Gasteiger partial charge in [0, 0.05) is 37.9 Å². The summed E-state index contributed by atoms with van der Waals surface area (Å²) in [5.74, 6) is -0.504. The Morgan fingerprint density at radius 2 is 2.19 bits per heavy atom. The third-order valence-electron chi connectivity index (χ3n) is 4.50. The first-order valence-corrected chi connectivity index (χ1v) is 9.16. The van der Waals surface area contributed by atoms with Gasteiger partial charge in [-0.15, -0.1) is 0 Å². The van der Waals surface area contributed by atoms with Crippen LogP contribution < -0.4 is 0 Å². The molecule has 1 fully saturated rings. The van der Waals surface area contributed by atoms with E-state index in [1.54, 1.807) is 18.4 Å². The summed E-state index contributed by atoms with van der Waals surface area (Å²) in [4.78, 5) is 1.92. The van der Waals surface area contributed by atoms with Crippen LogP contribution in [-0.4, -0.2) is 48.5 Å². The van der Waals surface area contributed by atoms with Crippen LogP contribution in [0.25, 0.3) is 0 Å². The Morgan fingerprint density at radius 1 is 1.30 bits per heavy atom. The van der Waals surface area contributed by atoms with Gasteiger partial charge in [-0.1, -0.05) is 6.07 Å². The van der Waals surface area contributed by atoms with Crippen molar-refractivity contribution in [2.24, 2.45) is 0 Å². The van der Waals surface area contributed by atoms with Gasteiger partial charge in [-0.3, -0.25) is 4.90 Å². The van der Waals surface area contributed by atoms with Crippen molar-refractivity contribution in [2.45, 2.75) is 38.2 Å². The molecule has 0 bridgehead atoms. The molecule has 5 nitrogen and oxygen atoms in total. The zero-order chi connectivity index (χ0) is 19.1. The summed E-state index contributed by atoms with van der Waals surface area (Å²) in [6, 6.07) is 7.13. The minimum atomic E-state index is -0.745. The van der Waals surface area contributed by atoms with Crippen LogP contribution in [0.3, 0.4) is 0 Å². The van der Waals surface area contributed by atoms with Gasteiger partial charge in [0.15, 0.2) is 0 Å². The monoisotopic (exact) mass is 381 g/mol. The molecule has 0 unspecified atom stereocenters. The highest BCUT2D eigenvalue weighted by atomic mass is 19.1. The van der Waals surface area contributed by atoms with E-state index in [0.717, 1.165) is 25.5 Å². The quantitative estimate of drug-likeness (QED) is 0.685. The van der Waals surface area contributed by atoms with Crippen LogP contribution in [0.15, 0.2) is 41.0 Å². The molecule has 7 heteroatoms. The molecule has 1 saturated heterocycles. The second-order valence-electron chi connectivity index (χ2n) is 6.81. The molecular weight excluding hydrogens is 356 g/mol. The molecule has 0 amide bonds. The normalized spacial score (nSPS) is 18.3. The molecule has 1 aromatic carbocycles. The fourth-order valence-corrected chi connectivity index (χ4v) is 3.21. The molecule has 2 aromatic rings. The van der Waals surface area contributed by atoms with Crippen molar-refractivity contribution >= 4 is 0 Å². The number of aliphatic hydroxyl groups excluding tert-OH is 1. The summed E-state index contributed by atoms with van der Waals surface area (Å²) in [7, 11) is 0. The van der Waals surface area contributed by atoms with E-state index in [0.29, 0.717) is 24.4 Å². The maximum atomic E-state index is 14.0. The first-order chi connectivity index (χ1) is 13.1. The highest BCUT2D eigenvalue weighted by molar-refractivity contribution is 5.18. The first-order valence-electron chi connectivity index (χ1n) is 9.16. The maximum Gasteiger partial charge on any atom is 0.130 e. The lowest BCUT2D eigenvalue weighted by Gasteiger charge is -2.27. The predicted octanol–water partition coefficient (Wildman–Crippen LogP) is 3.12. The van der Waals surface area contributed by atoms with Crippen LogP contribution >= 0.6 is 0 Å². The summed E-state index contributed by atoms with van der Waals surface area (Å²) < 4.78 is 43.5. The van der Waals surface area contributed by atoms with Gasteiger partial charge in [-0.2, -0.15) is 0 Å². The molecule has 1 aliphatic heterocycles. The zero-order valence-electron chi connectivity index (χ0n) is 15.2. The van der Waals surface area contributed by atoms with Crippen molar-refractivity contribution in [3.05, 3.63) is 59.6 Å². The van der Waals surface area contributed by atoms with Crippen molar-refractivity contribution < 1.29 is 27.8 Å². The average molecular weight is 381 g/mol. The lowest BCUT2D eigenvalue weighted by atomic mass is 10.1. The number of halogens is 2. The van der Waals surface area contributed by atoms with E-state index < -0.39 is 17.7 Å². The van der Waals surface area contributed by atoms with Gasteiger partial charge < -0.3 is 19.0 Å². The first kappa shape index (κ1) is 19.9. The SMILES string of the molecule is O[C@@H](COCc1ccco1)CN(Cc1ccc(F)cc1F)C[C@@H]1CCCO1. The molecule has 0 saturated carbocycles. The number of furan rings is 1. The van der Waals surface area contributed by atoms with E-state index in [1.807, 2.05) is 4.90 Å². The largest absolute Gasteiger partial charge is 0.467 e. The topological polar surface area (TPSA) is 55.1 Å². The van der Waals surface area contributed by atoms with E-state index in [2.05, 4.69) is 0 Å². The molecule has 0 radical (unpaired) electrons. The molecule has 148 valence electrons. The number of rotatable bonds is 10. The van der Waals surface area contributed by atoms with Gasteiger partial charge in [-0.25, -0.2) is 8.78 Å². The fourth-order valence-electron chi connectivity index (χ4n) is 3.21. The lowest BCUT2D eigenvalue weighted by Crippen LogP contribution is -2.39. The molecular formula is C20H25F2NO4. The Balaban J connectivity index is 1.54. The van der Waals surface area contributed by atoms with Crippen LogP contribution in [0, 0.1) is 11.6 Å². The molecule has 1 N–H and O–H groups in total. The third-order valence-corrected chi connectivity index (χ3v) is 4.50. The highest BCUT2D eigenvalue weighted by Crippen LogP contribution is 2.17. The molecule has 1 aliphatic rings. The standard InChI is InChI=1S/C20H25F2NO4/c21-16-6-5-15(20(22)9-16)10-23(12-18-3-1-7-26-18)11-17(24)13-25-14-19-4-2-8-27-19/h2,4-6,8-9,17-18,24H,1,3,7,10-14H2/t17-,18+/m1/s1. The minimum Gasteiger partial charge on any atom is -0.467 e. The van der Waals surface area contributed by atoms with Crippen LogP contribution in [0.4, 0.5) is 8.78 Å². The van der Waals surface area contributed by atoms with Crippen LogP contribution in [0.5, 0.6) is 0 Å². The Hall–Kier alpha value is -1.80. The number of hydrogen-bond donors (Lipinski definition) is 1. The summed E-state index contributed by atoms with van der Waals surface area (Å²) in [5, 5.41) is 10.3. The molecule has 1 aromatic heterocycles. The van der Waals surface area contributed by atoms with E-state index in [1.165, 1.54) is 12.1 Å². The van der Waals surface area contributed by atoms with Gasteiger partial charge >= 0.3 is 0 Å². The van der Waals surface area contributed by atoms with Crippen molar-refractivity contribution in [1.82, 2.24) is 4.90 Å². The Kier molecular flexibility index (Phi) is 7.34. The van der Waals surface area contributed by atoms with Crippen LogP contribution in [0.2, 0.25) is 0 Å². The fraction of sp³-hybridized carbons (Fsp3) is 0.500. The summed E-state index contributed by atoms with van der Waals surface area (Å²) in [6.45, 7) is 2.28. The third kappa shape index (κ3) is 6.39. The molecule has 27 heavy (non-hydrogen) atoms. The van der Waals surface area contributed by atoms with Gasteiger partial charge in [0.25, 0.3) is 0 Å². The second kappa shape index (κ2) is 9.94. The molecule has 2 heterocycles. The lowest BCUT2D eigenvalue weighted by molar-refractivity contribution is -0.00655. The van der Waals surface area contributed by atoms with Crippen molar-refractivity contribution in [1.29, 1.82) is 0 Å². The van der Waals surface area contributed by atoms with Gasteiger partial charge in [0.1, 0.15) is 24.0 Å². The summed E-state index contributed by atoms with van der Waals surface area (Å²) in [5.41, 5.74) is 0.387. The number of hydrogen-bond acceptors (Lipinski definition) is 5. The predicted molar refractivity (Wildman–Crippen MR) is 95.0 cm³/mol. The zero-order valence-corrected chi connectivity index (χ0v) is 15.2. The Morgan fingerprint density at radius 3 is 2.89 bits per heavy atom. The molecule has 0 spiro atoms. The number of aliphatic hydroxyl groups is 1. The van der Waals surface area contributed by atoms with Crippen molar-refractivity contribution in [2.75, 3.05) is 26.3 Å². The minimum absolute atomic E-state index is 0.0600. The highest BCUT2D eigenvalue weighted by Gasteiger charge is 2.22. The summed E-state index contributed by atoms with van der Waals surface area (Å²) >= 11 is 0. The van der Waals surface area contributed by atoms with Crippen LogP contribution in [-0.2, 0) is 22.6 Å². The van der Waals surface area contributed by atoms with Crippen LogP contribution in [0.1, 0.15) is 24.2 Å². The molecule has 3 rings (SSSR count). The van der Waals surface area contributed by atoms with Crippen molar-refractivity contribution in [3.63, 3.8) is 0 Å². The van der Waals surface area contributed by atoms with E-state index in [9.17, 15) is 13.9 Å². The number of ether oxygens (including phenoxy) is 2. The molecule has 0 aliphatic carbocycles. The van der Waals surface area contributed by atoms with Gasteiger partial charge in [0.05, 0.1) is 25.1 Å². The average Bonchev–Trinajstić information content (AvgIpc) is 3.31. The van der Waals surface area contributed by atoms with E-state index >= 15 is 0 Å². The number of benzene rings is 1. The molecule has 2 atom stereocenters. The van der Waals surface area contributed by atoms with Crippen molar-refractivity contribution in [3.8, 4) is 0 Å². The number of nitrogens with zero attached hydrogens (tertiary/aromatic N) is 1. The smallest absolute Gasteiger partial charge is 0.130 e. The Bertz CT molecular complexity index is 689. The maximum absolute atomic E-state index is 14.0. The van der Waals surface area contributed by atoms with E-state index in [4.69, 9.17) is 13.9 Å².